The van der Waals surface area contributed by atoms with Gasteiger partial charge in [-0.1, -0.05) is 32.9 Å². The van der Waals surface area contributed by atoms with Crippen LogP contribution in [0.1, 0.15) is 80.2 Å². The molecule has 4 saturated heterocycles. The number of pyridine rings is 1. The molecule has 4 fully saturated rings. The summed E-state index contributed by atoms with van der Waals surface area (Å²) in [5, 5.41) is 16.3. The van der Waals surface area contributed by atoms with Crippen molar-refractivity contribution in [2.45, 2.75) is 141 Å². The summed E-state index contributed by atoms with van der Waals surface area (Å²) in [5.74, 6) is -2.32. The van der Waals surface area contributed by atoms with E-state index in [1.807, 2.05) is 59.7 Å². The van der Waals surface area contributed by atoms with Gasteiger partial charge in [0.2, 0.25) is 0 Å². The lowest BCUT2D eigenvalue weighted by atomic mass is 9.72. The van der Waals surface area contributed by atoms with E-state index in [1.54, 1.807) is 30.4 Å². The largest absolute Gasteiger partial charge is 0.458 e. The fourth-order valence-corrected chi connectivity index (χ4v) is 10.5. The highest BCUT2D eigenvalue weighted by Gasteiger charge is 2.60. The number of hydrogen-bond acceptors (Lipinski definition) is 16. The van der Waals surface area contributed by atoms with Crippen LogP contribution in [0.3, 0.4) is 0 Å². The maximum absolute atomic E-state index is 14.6. The van der Waals surface area contributed by atoms with Gasteiger partial charge in [0.05, 0.1) is 55.6 Å². The zero-order valence-corrected chi connectivity index (χ0v) is 36.6. The molecule has 0 aliphatic carbocycles. The van der Waals surface area contributed by atoms with Gasteiger partial charge in [0, 0.05) is 54.3 Å². The van der Waals surface area contributed by atoms with Crippen LogP contribution in [0.5, 0.6) is 0 Å². The first-order valence-electron chi connectivity index (χ1n) is 21.4. The molecule has 17 heteroatoms. The van der Waals surface area contributed by atoms with Crippen molar-refractivity contribution in [2.24, 2.45) is 33.8 Å². The number of nitrogens with zero attached hydrogens (tertiary/aromatic N) is 7. The second-order valence-electron chi connectivity index (χ2n) is 18.0. The molecule has 0 spiro atoms. The van der Waals surface area contributed by atoms with E-state index in [9.17, 15) is 14.7 Å². The third-order valence-electron chi connectivity index (χ3n) is 13.4. The molecule has 17 nitrogen and oxygen atoms in total. The van der Waals surface area contributed by atoms with Gasteiger partial charge in [-0.2, -0.15) is 0 Å². The molecule has 0 saturated carbocycles. The molecule has 5 aliphatic rings. The van der Waals surface area contributed by atoms with Gasteiger partial charge in [-0.25, -0.2) is 14.8 Å². The Balaban J connectivity index is 1.31. The Morgan fingerprint density at radius 3 is 2.53 bits per heavy atom. The van der Waals surface area contributed by atoms with Crippen molar-refractivity contribution in [3.05, 3.63) is 30.2 Å². The number of aliphatic imine (C=N–C) groups is 1. The summed E-state index contributed by atoms with van der Waals surface area (Å²) in [4.78, 5) is 56.0. The highest BCUT2D eigenvalue weighted by molar-refractivity contribution is 5.91. The van der Waals surface area contributed by atoms with Crippen LogP contribution in [0.4, 0.5) is 4.79 Å². The van der Waals surface area contributed by atoms with Gasteiger partial charge in [0.25, 0.3) is 0 Å². The van der Waals surface area contributed by atoms with E-state index in [0.717, 1.165) is 11.3 Å². The van der Waals surface area contributed by atoms with Crippen LogP contribution in [-0.4, -0.2) is 154 Å². The molecule has 0 unspecified atom stereocenters. The number of aliphatic hydroxyl groups is 1. The number of carbonyl (C=O) groups excluding carboxylic acids is 2. The van der Waals surface area contributed by atoms with Crippen molar-refractivity contribution in [1.82, 2.24) is 24.8 Å². The number of rotatable bonds is 7. The van der Waals surface area contributed by atoms with E-state index < -0.39 is 71.8 Å². The zero-order chi connectivity index (χ0) is 43.1. The summed E-state index contributed by atoms with van der Waals surface area (Å²) in [5.41, 5.74) is 0.961. The maximum Gasteiger partial charge on any atom is 0.410 e. The van der Waals surface area contributed by atoms with E-state index in [1.165, 1.54) is 0 Å². The standard InChI is InChI=1S/C43H63N7O10/c1-11-31-43(8)36-25(4)32(45-16-17-50(36)41(53)60-43)23(2)19-42(7)37(59-40-34(51)30(49(9)10)18-24(3)57-40)26(5)35(27(6)39(52)58-31)54-21-29(22-55-42)48-56-20-28-12-13-46-38-33(28)44-14-15-47-38/h12-15,23-27,30-31,34-37,40,51H,11,16-22H2,1-10H3/b48-29+/t23-,24+,25+,26+,27-,30-,31-,34+,35+,36-,37-,40-,42-,43-/m1/s1. The van der Waals surface area contributed by atoms with Gasteiger partial charge in [-0.15, -0.1) is 0 Å². The Morgan fingerprint density at radius 2 is 1.78 bits per heavy atom. The second kappa shape index (κ2) is 17.8. The molecule has 0 radical (unpaired) electrons. The number of hydrogen-bond donors (Lipinski definition) is 1. The van der Waals surface area contributed by atoms with E-state index in [0.29, 0.717) is 49.2 Å². The average molecular weight is 838 g/mol. The number of aliphatic hydroxyl groups excluding tert-OH is 1. The number of carbonyl (C=O) groups is 2. The third-order valence-corrected chi connectivity index (χ3v) is 13.4. The molecule has 1 amide bonds. The van der Waals surface area contributed by atoms with Gasteiger partial charge in [-0.3, -0.25) is 19.7 Å². The van der Waals surface area contributed by atoms with E-state index in [2.05, 4.69) is 34.0 Å². The Labute approximate surface area is 352 Å². The predicted octanol–water partition coefficient (Wildman–Crippen LogP) is 4.19. The number of likely N-dealkylation sites (N-methyl/N-ethyl adjacent to an activating group) is 1. The molecule has 4 bridgehead atoms. The molecular weight excluding hydrogens is 775 g/mol. The molecule has 0 aromatic carbocycles. The van der Waals surface area contributed by atoms with E-state index >= 15 is 0 Å². The summed E-state index contributed by atoms with van der Waals surface area (Å²) in [6, 6.07) is 1.14. The SMILES string of the molecule is CC[C@H]1OC(=O)[C@H](C)[C@H]2OC/C(=N\OCc3ccnc4nccnc34)CO[C@](C)(C[C@@H](C)C3=NCCN4C(=O)O[C@@]1(C)[C@H]4[C@H]3C)[C@H](O[C@H]1O[C@@H](C)C[C@@H](N(C)C)[C@@H]1O)[C@H]2C. The van der Waals surface area contributed by atoms with E-state index in [-0.39, 0.29) is 43.8 Å². The Morgan fingerprint density at radius 1 is 1.03 bits per heavy atom. The van der Waals surface area contributed by atoms with Gasteiger partial charge < -0.3 is 43.3 Å². The van der Waals surface area contributed by atoms with Crippen molar-refractivity contribution in [2.75, 3.05) is 40.4 Å². The average Bonchev–Trinajstić information content (AvgIpc) is 3.36. The van der Waals surface area contributed by atoms with Crippen LogP contribution in [0.15, 0.2) is 34.8 Å². The molecule has 1 N–H and O–H groups in total. The minimum absolute atomic E-state index is 0.000195. The van der Waals surface area contributed by atoms with Crippen LogP contribution in [0.25, 0.3) is 11.2 Å². The molecular formula is C43H63N7O10. The summed E-state index contributed by atoms with van der Waals surface area (Å²) in [6.45, 7) is 16.6. The summed E-state index contributed by atoms with van der Waals surface area (Å²) in [7, 11) is 3.87. The molecule has 2 aromatic heterocycles. The molecule has 7 heterocycles. The summed E-state index contributed by atoms with van der Waals surface area (Å²) in [6.07, 6.45) is 1.29. The van der Waals surface area contributed by atoms with Gasteiger partial charge in [0.1, 0.15) is 30.0 Å². The third kappa shape index (κ3) is 8.49. The minimum Gasteiger partial charge on any atom is -0.458 e. The number of cyclic esters (lactones) is 1. The molecule has 14 atom stereocenters. The maximum atomic E-state index is 14.6. The van der Waals surface area contributed by atoms with Crippen molar-refractivity contribution < 1.29 is 48.0 Å². The number of aromatic nitrogens is 3. The molecule has 7 rings (SSSR count). The zero-order valence-electron chi connectivity index (χ0n) is 36.6. The lowest BCUT2D eigenvalue weighted by molar-refractivity contribution is -0.302. The quantitative estimate of drug-likeness (QED) is 0.309. The first-order chi connectivity index (χ1) is 28.6. The van der Waals surface area contributed by atoms with Gasteiger partial charge in [0.15, 0.2) is 17.5 Å². The van der Waals surface area contributed by atoms with Crippen LogP contribution >= 0.6 is 0 Å². The highest BCUT2D eigenvalue weighted by Crippen LogP contribution is 2.45. The summed E-state index contributed by atoms with van der Waals surface area (Å²) < 4.78 is 39.9. The smallest absolute Gasteiger partial charge is 0.410 e. The molecule has 5 aliphatic heterocycles. The number of fused-ring (bicyclic) bond motifs is 5. The fourth-order valence-electron chi connectivity index (χ4n) is 10.5. The van der Waals surface area contributed by atoms with Gasteiger partial charge in [-0.05, 0) is 73.0 Å². The Kier molecular flexibility index (Phi) is 13.1. The number of amides is 1. The van der Waals surface area contributed by atoms with Crippen LogP contribution in [0, 0.1) is 23.7 Å². The molecule has 2 aromatic rings. The van der Waals surface area contributed by atoms with Crippen molar-refractivity contribution in [1.29, 1.82) is 0 Å². The van der Waals surface area contributed by atoms with Crippen molar-refractivity contribution in [3.63, 3.8) is 0 Å². The van der Waals surface area contributed by atoms with Crippen LogP contribution in [0.2, 0.25) is 0 Å². The minimum atomic E-state index is -1.14. The Bertz CT molecular complexity index is 1930. The van der Waals surface area contributed by atoms with Gasteiger partial charge >= 0.3 is 12.1 Å². The van der Waals surface area contributed by atoms with E-state index in [4.69, 9.17) is 38.3 Å². The predicted molar refractivity (Wildman–Crippen MR) is 220 cm³/mol. The lowest BCUT2D eigenvalue weighted by Crippen LogP contribution is -2.60. The van der Waals surface area contributed by atoms with Crippen LogP contribution in [-0.2, 0) is 44.7 Å². The first kappa shape index (κ1) is 44.2. The monoisotopic (exact) mass is 837 g/mol. The molecule has 60 heavy (non-hydrogen) atoms. The van der Waals surface area contributed by atoms with Crippen molar-refractivity contribution in [3.8, 4) is 0 Å². The second-order valence-corrected chi connectivity index (χ2v) is 18.0. The number of oxime groups is 1. The fraction of sp³-hybridized carbons (Fsp3) is 0.744. The normalized spacial score (nSPS) is 39.9. The highest BCUT2D eigenvalue weighted by atomic mass is 16.7. The molecule has 330 valence electrons. The van der Waals surface area contributed by atoms with Crippen LogP contribution < -0.4 is 0 Å². The topological polar surface area (TPSA) is 189 Å². The Hall–Kier alpha value is -3.87. The number of esters is 1. The lowest BCUT2D eigenvalue weighted by Gasteiger charge is -2.48. The number of ether oxygens (including phenoxy) is 6. The first-order valence-corrected chi connectivity index (χ1v) is 21.4. The summed E-state index contributed by atoms with van der Waals surface area (Å²) >= 11 is 0. The van der Waals surface area contributed by atoms with Crippen molar-refractivity contribution >= 4 is 34.6 Å².